The molecule has 0 spiro atoms. The number of carbonyl (C=O) groups is 1. The third-order valence-electron chi connectivity index (χ3n) is 2.09. The summed E-state index contributed by atoms with van der Waals surface area (Å²) in [6, 6.07) is 7.95. The Morgan fingerprint density at radius 3 is 2.40 bits per heavy atom. The highest BCUT2D eigenvalue weighted by molar-refractivity contribution is 5.70. The Kier molecular flexibility index (Phi) is 4.84. The summed E-state index contributed by atoms with van der Waals surface area (Å²) in [6.07, 6.45) is 2.19. The molecule has 0 saturated carbocycles. The van der Waals surface area contributed by atoms with Gasteiger partial charge in [0.25, 0.3) is 0 Å². The van der Waals surface area contributed by atoms with Crippen LogP contribution in [-0.2, 0) is 22.6 Å². The van der Waals surface area contributed by atoms with Crippen LogP contribution < -0.4 is 0 Å². The average Bonchev–Trinajstić information content (AvgIpc) is 2.28. The summed E-state index contributed by atoms with van der Waals surface area (Å²) in [4.78, 5) is 10.7. The lowest BCUT2D eigenvalue weighted by Gasteiger charge is -2.04. The molecule has 0 aliphatic rings. The molecule has 0 saturated heterocycles. The summed E-state index contributed by atoms with van der Waals surface area (Å²) in [5.41, 5.74) is 2.23. The number of carbonyl (C=O) groups excluding carboxylic acids is 1. The van der Waals surface area contributed by atoms with Gasteiger partial charge in [-0.1, -0.05) is 37.6 Å². The van der Waals surface area contributed by atoms with E-state index in [1.54, 1.807) is 0 Å². The van der Waals surface area contributed by atoms with Crippen molar-refractivity contribution in [3.8, 4) is 0 Å². The fraction of sp³-hybridized carbons (Fsp3) is 0.417. The normalized spacial score (nSPS) is 10.0. The van der Waals surface area contributed by atoms with E-state index in [1.165, 1.54) is 5.56 Å². The Bertz CT molecular complexity index is 303. The molecule has 15 heavy (non-hydrogen) atoms. The third kappa shape index (κ3) is 4.13. The SMILES string of the molecule is CCCc1ccc(COC(=O)CO)cc1. The Balaban J connectivity index is 2.45. The highest BCUT2D eigenvalue weighted by Gasteiger charge is 2.00. The Morgan fingerprint density at radius 2 is 1.87 bits per heavy atom. The second-order valence-corrected chi connectivity index (χ2v) is 3.39. The molecule has 1 aromatic carbocycles. The molecule has 0 fully saturated rings. The predicted octanol–water partition coefficient (Wildman–Crippen LogP) is 1.67. The van der Waals surface area contributed by atoms with E-state index in [-0.39, 0.29) is 6.61 Å². The van der Waals surface area contributed by atoms with Gasteiger partial charge in [0.1, 0.15) is 13.2 Å². The van der Waals surface area contributed by atoms with Crippen molar-refractivity contribution < 1.29 is 14.6 Å². The van der Waals surface area contributed by atoms with Crippen LogP contribution in [0, 0.1) is 0 Å². The lowest BCUT2D eigenvalue weighted by atomic mass is 10.1. The maximum Gasteiger partial charge on any atom is 0.332 e. The van der Waals surface area contributed by atoms with Gasteiger partial charge < -0.3 is 9.84 Å². The Morgan fingerprint density at radius 1 is 1.27 bits per heavy atom. The van der Waals surface area contributed by atoms with E-state index in [9.17, 15) is 4.79 Å². The first-order valence-electron chi connectivity index (χ1n) is 5.10. The van der Waals surface area contributed by atoms with E-state index in [1.807, 2.05) is 24.3 Å². The van der Waals surface area contributed by atoms with Crippen molar-refractivity contribution in [2.24, 2.45) is 0 Å². The highest BCUT2D eigenvalue weighted by atomic mass is 16.5. The van der Waals surface area contributed by atoms with Crippen molar-refractivity contribution in [2.45, 2.75) is 26.4 Å². The minimum absolute atomic E-state index is 0.228. The van der Waals surface area contributed by atoms with Crippen LogP contribution in [0.15, 0.2) is 24.3 Å². The van der Waals surface area contributed by atoms with Gasteiger partial charge in [0.05, 0.1) is 0 Å². The van der Waals surface area contributed by atoms with Gasteiger partial charge in [-0.3, -0.25) is 0 Å². The van der Waals surface area contributed by atoms with E-state index in [0.29, 0.717) is 0 Å². The van der Waals surface area contributed by atoms with E-state index < -0.39 is 12.6 Å². The molecule has 82 valence electrons. The van der Waals surface area contributed by atoms with Crippen LogP contribution in [0.25, 0.3) is 0 Å². The first kappa shape index (κ1) is 11.7. The predicted molar refractivity (Wildman–Crippen MR) is 57.3 cm³/mol. The third-order valence-corrected chi connectivity index (χ3v) is 2.09. The zero-order valence-corrected chi connectivity index (χ0v) is 8.90. The molecule has 1 N–H and O–H groups in total. The molecule has 0 heterocycles. The van der Waals surface area contributed by atoms with Gasteiger partial charge in [0, 0.05) is 0 Å². The van der Waals surface area contributed by atoms with Gasteiger partial charge in [-0.05, 0) is 17.5 Å². The van der Waals surface area contributed by atoms with Gasteiger partial charge in [0.2, 0.25) is 0 Å². The molecular formula is C12H16O3. The first-order chi connectivity index (χ1) is 7.26. The van der Waals surface area contributed by atoms with Crippen molar-refractivity contribution in [1.29, 1.82) is 0 Å². The van der Waals surface area contributed by atoms with Crippen LogP contribution in [0.1, 0.15) is 24.5 Å². The molecule has 1 rings (SSSR count). The summed E-state index contributed by atoms with van der Waals surface area (Å²) in [5.74, 6) is -0.590. The second-order valence-electron chi connectivity index (χ2n) is 3.39. The van der Waals surface area contributed by atoms with Gasteiger partial charge in [-0.25, -0.2) is 4.79 Å². The number of aryl methyl sites for hydroxylation is 1. The molecule has 1 aromatic rings. The number of ether oxygens (including phenoxy) is 1. The van der Waals surface area contributed by atoms with E-state index in [0.717, 1.165) is 18.4 Å². The van der Waals surface area contributed by atoms with E-state index in [2.05, 4.69) is 6.92 Å². The van der Waals surface area contributed by atoms with Crippen LogP contribution in [0.4, 0.5) is 0 Å². The highest BCUT2D eigenvalue weighted by Crippen LogP contribution is 2.07. The van der Waals surface area contributed by atoms with Gasteiger partial charge in [0.15, 0.2) is 0 Å². The molecule has 0 unspecified atom stereocenters. The summed E-state index contributed by atoms with van der Waals surface area (Å²) in [5, 5.41) is 8.45. The topological polar surface area (TPSA) is 46.5 Å². The number of esters is 1. The average molecular weight is 208 g/mol. The molecule has 0 aromatic heterocycles. The fourth-order valence-corrected chi connectivity index (χ4v) is 1.30. The minimum atomic E-state index is -0.590. The Hall–Kier alpha value is -1.35. The van der Waals surface area contributed by atoms with Crippen molar-refractivity contribution in [2.75, 3.05) is 6.61 Å². The molecular weight excluding hydrogens is 192 g/mol. The lowest BCUT2D eigenvalue weighted by molar-refractivity contribution is -0.148. The zero-order chi connectivity index (χ0) is 11.1. The number of aliphatic hydroxyl groups excluding tert-OH is 1. The number of aliphatic hydroxyl groups is 1. The molecule has 0 atom stereocenters. The number of hydrogen-bond donors (Lipinski definition) is 1. The van der Waals surface area contributed by atoms with Crippen molar-refractivity contribution >= 4 is 5.97 Å². The number of rotatable bonds is 5. The lowest BCUT2D eigenvalue weighted by Crippen LogP contribution is -2.08. The van der Waals surface area contributed by atoms with Gasteiger partial charge in [-0.2, -0.15) is 0 Å². The van der Waals surface area contributed by atoms with Gasteiger partial charge >= 0.3 is 5.97 Å². The van der Waals surface area contributed by atoms with Gasteiger partial charge in [-0.15, -0.1) is 0 Å². The van der Waals surface area contributed by atoms with Crippen LogP contribution in [0.3, 0.4) is 0 Å². The maximum atomic E-state index is 10.7. The first-order valence-corrected chi connectivity index (χ1v) is 5.10. The van der Waals surface area contributed by atoms with Crippen molar-refractivity contribution in [1.82, 2.24) is 0 Å². The Labute approximate surface area is 89.7 Å². The molecule has 0 bridgehead atoms. The second kappa shape index (κ2) is 6.19. The van der Waals surface area contributed by atoms with Crippen LogP contribution in [0.5, 0.6) is 0 Å². The van der Waals surface area contributed by atoms with Crippen LogP contribution in [0.2, 0.25) is 0 Å². The molecule has 0 aliphatic carbocycles. The maximum absolute atomic E-state index is 10.7. The van der Waals surface area contributed by atoms with Crippen molar-refractivity contribution in [3.63, 3.8) is 0 Å². The number of benzene rings is 1. The van der Waals surface area contributed by atoms with Crippen LogP contribution >= 0.6 is 0 Å². The molecule has 0 amide bonds. The standard InChI is InChI=1S/C12H16O3/c1-2-3-10-4-6-11(7-5-10)9-15-12(14)8-13/h4-7,13H,2-3,8-9H2,1H3. The largest absolute Gasteiger partial charge is 0.459 e. The monoisotopic (exact) mass is 208 g/mol. The fourth-order valence-electron chi connectivity index (χ4n) is 1.30. The van der Waals surface area contributed by atoms with E-state index in [4.69, 9.17) is 9.84 Å². The quantitative estimate of drug-likeness (QED) is 0.749. The summed E-state index contributed by atoms with van der Waals surface area (Å²) in [6.45, 7) is 1.80. The smallest absolute Gasteiger partial charge is 0.332 e. The zero-order valence-electron chi connectivity index (χ0n) is 8.90. The molecule has 0 radical (unpaired) electrons. The summed E-state index contributed by atoms with van der Waals surface area (Å²) >= 11 is 0. The molecule has 3 heteroatoms. The van der Waals surface area contributed by atoms with Crippen LogP contribution in [-0.4, -0.2) is 17.7 Å². The summed E-state index contributed by atoms with van der Waals surface area (Å²) < 4.78 is 4.79. The minimum Gasteiger partial charge on any atom is -0.459 e. The number of hydrogen-bond acceptors (Lipinski definition) is 3. The van der Waals surface area contributed by atoms with E-state index >= 15 is 0 Å². The van der Waals surface area contributed by atoms with Crippen molar-refractivity contribution in [3.05, 3.63) is 35.4 Å². The molecule has 0 aliphatic heterocycles. The summed E-state index contributed by atoms with van der Waals surface area (Å²) in [7, 11) is 0. The molecule has 3 nitrogen and oxygen atoms in total.